The Labute approximate surface area is 164 Å². The van der Waals surface area contributed by atoms with Crippen LogP contribution in [-0.4, -0.2) is 37.6 Å². The Morgan fingerprint density at radius 3 is 2.61 bits per heavy atom. The lowest BCUT2D eigenvalue weighted by molar-refractivity contribution is 0.104. The van der Waals surface area contributed by atoms with Gasteiger partial charge in [0.1, 0.15) is 48.8 Å². The van der Waals surface area contributed by atoms with E-state index in [1.165, 1.54) is 0 Å². The third kappa shape index (κ3) is 3.60. The molecule has 0 saturated heterocycles. The van der Waals surface area contributed by atoms with Crippen molar-refractivity contribution in [3.63, 3.8) is 0 Å². The van der Waals surface area contributed by atoms with E-state index in [1.54, 1.807) is 25.3 Å². The molecule has 1 N–H and O–H groups in total. The number of aliphatic hydroxyl groups excluding tert-OH is 1. The number of hydrogen-bond acceptors (Lipinski definition) is 6. The van der Waals surface area contributed by atoms with Gasteiger partial charge in [-0.3, -0.25) is 0 Å². The van der Waals surface area contributed by atoms with Gasteiger partial charge in [-0.2, -0.15) is 0 Å². The smallest absolute Gasteiger partial charge is 0.165 e. The van der Waals surface area contributed by atoms with Crippen LogP contribution in [-0.2, 0) is 0 Å². The van der Waals surface area contributed by atoms with Crippen molar-refractivity contribution < 1.29 is 28.8 Å². The van der Waals surface area contributed by atoms with Gasteiger partial charge in [-0.1, -0.05) is 0 Å². The third-order valence-corrected chi connectivity index (χ3v) is 4.70. The van der Waals surface area contributed by atoms with Crippen LogP contribution in [0, 0.1) is 0 Å². The maximum atomic E-state index is 10.7. The van der Waals surface area contributed by atoms with Crippen molar-refractivity contribution in [2.24, 2.45) is 0 Å². The molecule has 2 aliphatic heterocycles. The lowest BCUT2D eigenvalue weighted by Gasteiger charge is -2.29. The van der Waals surface area contributed by atoms with Crippen molar-refractivity contribution in [1.82, 2.24) is 0 Å². The van der Waals surface area contributed by atoms with Gasteiger partial charge in [-0.05, 0) is 50.3 Å². The molecule has 0 bridgehead atoms. The second-order valence-electron chi connectivity index (χ2n) is 7.27. The first-order valence-electron chi connectivity index (χ1n) is 9.26. The Morgan fingerprint density at radius 2 is 1.82 bits per heavy atom. The highest BCUT2D eigenvalue weighted by Crippen LogP contribution is 2.41. The molecule has 0 radical (unpaired) electrons. The number of aliphatic hydroxyl groups is 1. The fraction of sp³-hybridized carbons (Fsp3) is 0.364. The third-order valence-electron chi connectivity index (χ3n) is 4.70. The van der Waals surface area contributed by atoms with Crippen LogP contribution in [0.15, 0.2) is 36.4 Å². The molecule has 0 aliphatic carbocycles. The first-order valence-corrected chi connectivity index (χ1v) is 9.26. The highest BCUT2D eigenvalue weighted by atomic mass is 16.6. The molecule has 1 unspecified atom stereocenters. The van der Waals surface area contributed by atoms with Crippen molar-refractivity contribution in [1.29, 1.82) is 0 Å². The molecule has 0 saturated carbocycles. The van der Waals surface area contributed by atoms with Crippen molar-refractivity contribution in [2.45, 2.75) is 25.6 Å². The van der Waals surface area contributed by atoms with Crippen LogP contribution >= 0.6 is 0 Å². The molecule has 1 atom stereocenters. The van der Waals surface area contributed by atoms with Gasteiger partial charge < -0.3 is 28.8 Å². The van der Waals surface area contributed by atoms with E-state index in [9.17, 15) is 5.11 Å². The minimum atomic E-state index is -0.864. The SMILES string of the molecule is COc1c(C(O)COc2ccc3c(c2)OCCO3)ccc2c1C=CC(C)(C)O2. The van der Waals surface area contributed by atoms with E-state index in [1.807, 2.05) is 38.1 Å². The number of ether oxygens (including phenoxy) is 5. The van der Waals surface area contributed by atoms with Gasteiger partial charge in [-0.15, -0.1) is 0 Å². The minimum Gasteiger partial charge on any atom is -0.496 e. The van der Waals surface area contributed by atoms with Gasteiger partial charge in [0.25, 0.3) is 0 Å². The van der Waals surface area contributed by atoms with Crippen LogP contribution in [0.2, 0.25) is 0 Å². The molecule has 148 valence electrons. The fourth-order valence-corrected chi connectivity index (χ4v) is 3.32. The topological polar surface area (TPSA) is 66.4 Å². The summed E-state index contributed by atoms with van der Waals surface area (Å²) in [6.45, 7) is 5.10. The van der Waals surface area contributed by atoms with E-state index in [-0.39, 0.29) is 12.2 Å². The summed E-state index contributed by atoms with van der Waals surface area (Å²) >= 11 is 0. The van der Waals surface area contributed by atoms with Gasteiger partial charge >= 0.3 is 0 Å². The Kier molecular flexibility index (Phi) is 4.81. The average Bonchev–Trinajstić information content (AvgIpc) is 2.70. The lowest BCUT2D eigenvalue weighted by atomic mass is 9.98. The van der Waals surface area contributed by atoms with E-state index in [4.69, 9.17) is 23.7 Å². The monoisotopic (exact) mass is 384 g/mol. The summed E-state index contributed by atoms with van der Waals surface area (Å²) in [6, 6.07) is 9.03. The molecule has 6 nitrogen and oxygen atoms in total. The van der Waals surface area contributed by atoms with Crippen molar-refractivity contribution in [2.75, 3.05) is 26.9 Å². The summed E-state index contributed by atoms with van der Waals surface area (Å²) in [5.74, 6) is 3.26. The van der Waals surface area contributed by atoms with Gasteiger partial charge in [0, 0.05) is 11.6 Å². The van der Waals surface area contributed by atoms with E-state index < -0.39 is 6.10 Å². The number of rotatable bonds is 5. The molecule has 6 heteroatoms. The molecule has 0 amide bonds. The van der Waals surface area contributed by atoms with Crippen LogP contribution in [0.4, 0.5) is 0 Å². The van der Waals surface area contributed by atoms with Gasteiger partial charge in [0.05, 0.1) is 12.7 Å². The summed E-state index contributed by atoms with van der Waals surface area (Å²) in [5.41, 5.74) is 1.09. The van der Waals surface area contributed by atoms with Gasteiger partial charge in [0.15, 0.2) is 11.5 Å². The van der Waals surface area contributed by atoms with E-state index in [0.29, 0.717) is 41.8 Å². The zero-order valence-electron chi connectivity index (χ0n) is 16.2. The van der Waals surface area contributed by atoms with Crippen molar-refractivity contribution in [3.8, 4) is 28.7 Å². The van der Waals surface area contributed by atoms with Gasteiger partial charge in [-0.25, -0.2) is 0 Å². The van der Waals surface area contributed by atoms with E-state index >= 15 is 0 Å². The molecule has 2 heterocycles. The number of methoxy groups -OCH3 is 1. The Morgan fingerprint density at radius 1 is 1.07 bits per heavy atom. The van der Waals surface area contributed by atoms with Crippen LogP contribution in [0.5, 0.6) is 28.7 Å². The number of benzene rings is 2. The molecule has 2 aliphatic rings. The first kappa shape index (κ1) is 18.5. The predicted molar refractivity (Wildman–Crippen MR) is 105 cm³/mol. The largest absolute Gasteiger partial charge is 0.496 e. The highest BCUT2D eigenvalue weighted by Gasteiger charge is 2.27. The fourth-order valence-electron chi connectivity index (χ4n) is 3.32. The van der Waals surface area contributed by atoms with Crippen molar-refractivity contribution >= 4 is 6.08 Å². The van der Waals surface area contributed by atoms with Gasteiger partial charge in [0.2, 0.25) is 0 Å². The Balaban J connectivity index is 1.51. The average molecular weight is 384 g/mol. The van der Waals surface area contributed by atoms with Crippen LogP contribution < -0.4 is 23.7 Å². The van der Waals surface area contributed by atoms with E-state index in [0.717, 1.165) is 11.3 Å². The van der Waals surface area contributed by atoms with E-state index in [2.05, 4.69) is 0 Å². The standard InChI is InChI=1S/C22H24O6/c1-22(2)9-8-16-18(28-22)7-5-15(21(16)24-3)17(23)13-27-14-4-6-19-20(12-14)26-11-10-25-19/h4-9,12,17,23H,10-11,13H2,1-3H3. The second-order valence-corrected chi connectivity index (χ2v) is 7.27. The lowest BCUT2D eigenvalue weighted by Crippen LogP contribution is -2.27. The quantitative estimate of drug-likeness (QED) is 0.847. The molecule has 28 heavy (non-hydrogen) atoms. The minimum absolute atomic E-state index is 0.0743. The summed E-state index contributed by atoms with van der Waals surface area (Å²) in [5, 5.41) is 10.7. The highest BCUT2D eigenvalue weighted by molar-refractivity contribution is 5.69. The number of fused-ring (bicyclic) bond motifs is 2. The van der Waals surface area contributed by atoms with Crippen LogP contribution in [0.3, 0.4) is 0 Å². The van der Waals surface area contributed by atoms with Crippen molar-refractivity contribution in [3.05, 3.63) is 47.5 Å². The molecule has 0 aromatic heterocycles. The van der Waals surface area contributed by atoms with Crippen LogP contribution in [0.1, 0.15) is 31.1 Å². The Bertz CT molecular complexity index is 902. The maximum Gasteiger partial charge on any atom is 0.165 e. The summed E-state index contributed by atoms with van der Waals surface area (Å²) in [7, 11) is 1.58. The second kappa shape index (κ2) is 7.28. The maximum absolute atomic E-state index is 10.7. The molecule has 4 rings (SSSR count). The molecule has 0 fully saturated rings. The summed E-state index contributed by atoms with van der Waals surface area (Å²) in [4.78, 5) is 0. The van der Waals surface area contributed by atoms with Crippen LogP contribution in [0.25, 0.3) is 6.08 Å². The molecule has 0 spiro atoms. The molecule has 2 aromatic carbocycles. The zero-order chi connectivity index (χ0) is 19.7. The first-order chi connectivity index (χ1) is 13.5. The molecule has 2 aromatic rings. The predicted octanol–water partition coefficient (Wildman–Crippen LogP) is 3.76. The summed E-state index contributed by atoms with van der Waals surface area (Å²) in [6.07, 6.45) is 3.08. The molecular weight excluding hydrogens is 360 g/mol. The Hall–Kier alpha value is -2.86. The molecular formula is C22H24O6. The normalized spacial score (nSPS) is 17.3. The number of hydrogen-bond donors (Lipinski definition) is 1. The summed E-state index contributed by atoms with van der Waals surface area (Å²) < 4.78 is 28.4. The zero-order valence-corrected chi connectivity index (χ0v) is 16.2.